The monoisotopic (exact) mass is 418 g/mol. The highest BCUT2D eigenvalue weighted by Gasteiger charge is 2.33. The van der Waals surface area contributed by atoms with Crippen molar-refractivity contribution in [2.45, 2.75) is 45.6 Å². The molecule has 1 aliphatic rings. The molecule has 0 atom stereocenters. The van der Waals surface area contributed by atoms with Crippen LogP contribution >= 0.6 is 0 Å². The van der Waals surface area contributed by atoms with Crippen LogP contribution in [0.5, 0.6) is 0 Å². The zero-order chi connectivity index (χ0) is 22.1. The number of nitrogens with zero attached hydrogens (tertiary/aromatic N) is 4. The summed E-state index contributed by atoms with van der Waals surface area (Å²) in [7, 11) is 1.35. The summed E-state index contributed by atoms with van der Waals surface area (Å²) in [6.07, 6.45) is 2.11. The normalized spacial score (nSPS) is 13.3. The Morgan fingerprint density at radius 2 is 1.84 bits per heavy atom. The Morgan fingerprint density at radius 1 is 1.13 bits per heavy atom. The molecule has 3 aromatic rings. The van der Waals surface area contributed by atoms with Crippen molar-refractivity contribution >= 4 is 17.6 Å². The van der Waals surface area contributed by atoms with Gasteiger partial charge < -0.3 is 9.64 Å². The summed E-state index contributed by atoms with van der Waals surface area (Å²) in [4.78, 5) is 31.7. The number of amides is 1. The number of hydrogen-bond donors (Lipinski definition) is 0. The van der Waals surface area contributed by atoms with Crippen LogP contribution in [0.1, 0.15) is 65.0 Å². The van der Waals surface area contributed by atoms with E-state index in [1.807, 2.05) is 51.1 Å². The van der Waals surface area contributed by atoms with Crippen LogP contribution in [0, 0.1) is 6.92 Å². The van der Waals surface area contributed by atoms with Crippen molar-refractivity contribution in [2.24, 2.45) is 0 Å². The largest absolute Gasteiger partial charge is 0.465 e. The second-order valence-corrected chi connectivity index (χ2v) is 8.08. The van der Waals surface area contributed by atoms with Crippen molar-refractivity contribution in [3.05, 3.63) is 71.3 Å². The summed E-state index contributed by atoms with van der Waals surface area (Å²) in [5.41, 5.74) is 2.86. The fourth-order valence-electron chi connectivity index (χ4n) is 3.68. The molecule has 0 radical (unpaired) electrons. The van der Waals surface area contributed by atoms with Gasteiger partial charge in [0.05, 0.1) is 18.4 Å². The summed E-state index contributed by atoms with van der Waals surface area (Å²) in [6, 6.07) is 14.8. The smallest absolute Gasteiger partial charge is 0.337 e. The lowest BCUT2D eigenvalue weighted by Crippen LogP contribution is -2.38. The summed E-state index contributed by atoms with van der Waals surface area (Å²) in [5, 5.41) is 4.60. The number of esters is 1. The standard InChI is InChI=1S/C24H26N4O3/c1-15(2)27(20-13-12-18(14-16(20)3)24(30)31-4)23(29)21-25-22(17-10-11-17)28(26-21)19-8-6-5-7-9-19/h5-9,12-15,17H,10-11H2,1-4H3. The van der Waals surface area contributed by atoms with E-state index in [1.54, 1.807) is 27.8 Å². The average molecular weight is 418 g/mol. The maximum atomic E-state index is 13.5. The molecule has 0 N–H and O–H groups in total. The summed E-state index contributed by atoms with van der Waals surface area (Å²) < 4.78 is 6.59. The van der Waals surface area contributed by atoms with Crippen LogP contribution in [0.25, 0.3) is 5.69 Å². The van der Waals surface area contributed by atoms with Crippen LogP contribution in [0.3, 0.4) is 0 Å². The van der Waals surface area contributed by atoms with Crippen molar-refractivity contribution in [3.63, 3.8) is 0 Å². The number of methoxy groups -OCH3 is 1. The lowest BCUT2D eigenvalue weighted by Gasteiger charge is -2.27. The molecule has 0 spiro atoms. The average Bonchev–Trinajstić information content (AvgIpc) is 3.52. The van der Waals surface area contributed by atoms with Crippen LogP contribution < -0.4 is 4.90 Å². The Labute approximate surface area is 181 Å². The van der Waals surface area contributed by atoms with Crippen LogP contribution in [0.2, 0.25) is 0 Å². The van der Waals surface area contributed by atoms with Crippen molar-refractivity contribution in [2.75, 3.05) is 12.0 Å². The first-order valence-corrected chi connectivity index (χ1v) is 10.5. The van der Waals surface area contributed by atoms with E-state index >= 15 is 0 Å². The van der Waals surface area contributed by atoms with Crippen LogP contribution in [0.15, 0.2) is 48.5 Å². The van der Waals surface area contributed by atoms with E-state index in [0.717, 1.165) is 35.6 Å². The Kier molecular flexibility index (Phi) is 5.59. The lowest BCUT2D eigenvalue weighted by atomic mass is 10.1. The minimum Gasteiger partial charge on any atom is -0.465 e. The molecule has 31 heavy (non-hydrogen) atoms. The van der Waals surface area contributed by atoms with E-state index in [4.69, 9.17) is 4.74 Å². The van der Waals surface area contributed by atoms with Gasteiger partial charge in [-0.3, -0.25) is 4.79 Å². The van der Waals surface area contributed by atoms with Gasteiger partial charge in [0.1, 0.15) is 5.82 Å². The van der Waals surface area contributed by atoms with Gasteiger partial charge >= 0.3 is 5.97 Å². The molecule has 2 aromatic carbocycles. The number of ether oxygens (including phenoxy) is 1. The zero-order valence-corrected chi connectivity index (χ0v) is 18.2. The van der Waals surface area contributed by atoms with Crippen molar-refractivity contribution < 1.29 is 14.3 Å². The Balaban J connectivity index is 1.72. The Hall–Kier alpha value is -3.48. The molecule has 0 bridgehead atoms. The molecule has 7 heteroatoms. The predicted molar refractivity (Wildman–Crippen MR) is 118 cm³/mol. The first-order valence-electron chi connectivity index (χ1n) is 10.5. The number of aromatic nitrogens is 3. The van der Waals surface area contributed by atoms with E-state index in [-0.39, 0.29) is 17.8 Å². The second kappa shape index (κ2) is 8.34. The quantitative estimate of drug-likeness (QED) is 0.558. The third-order valence-corrected chi connectivity index (χ3v) is 5.38. The molecular formula is C24H26N4O3. The van der Waals surface area contributed by atoms with Crippen LogP contribution in [0.4, 0.5) is 5.69 Å². The number of para-hydroxylation sites is 1. The molecule has 1 heterocycles. The van der Waals surface area contributed by atoms with Gasteiger partial charge in [-0.1, -0.05) is 18.2 Å². The summed E-state index contributed by atoms with van der Waals surface area (Å²) in [5.74, 6) is 0.671. The summed E-state index contributed by atoms with van der Waals surface area (Å²) in [6.45, 7) is 5.76. The van der Waals surface area contributed by atoms with Gasteiger partial charge in [-0.2, -0.15) is 0 Å². The predicted octanol–water partition coefficient (Wildman–Crippen LogP) is 4.29. The number of carbonyl (C=O) groups is 2. The van der Waals surface area contributed by atoms with E-state index in [1.165, 1.54) is 7.11 Å². The SMILES string of the molecule is COC(=O)c1ccc(N(C(=O)c2nc(C3CC3)n(-c3ccccc3)n2)C(C)C)c(C)c1. The topological polar surface area (TPSA) is 77.3 Å². The maximum Gasteiger partial charge on any atom is 0.337 e. The fraction of sp³-hybridized carbons (Fsp3) is 0.333. The van der Waals surface area contributed by atoms with E-state index < -0.39 is 5.97 Å². The van der Waals surface area contributed by atoms with E-state index in [9.17, 15) is 9.59 Å². The molecule has 160 valence electrons. The van der Waals surface area contributed by atoms with Crippen molar-refractivity contribution in [3.8, 4) is 5.69 Å². The van der Waals surface area contributed by atoms with Crippen molar-refractivity contribution in [1.82, 2.24) is 14.8 Å². The molecule has 0 saturated heterocycles. The van der Waals surface area contributed by atoms with Gasteiger partial charge in [0.25, 0.3) is 5.91 Å². The van der Waals surface area contributed by atoms with Gasteiger partial charge in [0.2, 0.25) is 5.82 Å². The molecule has 1 aliphatic carbocycles. The van der Waals surface area contributed by atoms with Gasteiger partial charge in [0, 0.05) is 17.6 Å². The third kappa shape index (κ3) is 4.08. The number of anilines is 1. The van der Waals surface area contributed by atoms with Gasteiger partial charge in [0.15, 0.2) is 0 Å². The van der Waals surface area contributed by atoms with Gasteiger partial charge in [-0.25, -0.2) is 14.5 Å². The first-order chi connectivity index (χ1) is 14.9. The molecular weight excluding hydrogens is 392 g/mol. The molecule has 1 saturated carbocycles. The molecule has 7 nitrogen and oxygen atoms in total. The number of rotatable bonds is 6. The maximum absolute atomic E-state index is 13.5. The Morgan fingerprint density at radius 3 is 2.42 bits per heavy atom. The van der Waals surface area contributed by atoms with Crippen molar-refractivity contribution in [1.29, 1.82) is 0 Å². The minimum atomic E-state index is -0.408. The molecule has 0 unspecified atom stereocenters. The lowest BCUT2D eigenvalue weighted by molar-refractivity contribution is 0.0600. The molecule has 0 aliphatic heterocycles. The summed E-state index contributed by atoms with van der Waals surface area (Å²) >= 11 is 0. The van der Waals surface area contributed by atoms with Crippen LogP contribution in [-0.2, 0) is 4.74 Å². The molecule has 1 amide bonds. The van der Waals surface area contributed by atoms with Gasteiger partial charge in [-0.15, -0.1) is 5.10 Å². The molecule has 4 rings (SSSR count). The van der Waals surface area contributed by atoms with E-state index in [2.05, 4.69) is 10.1 Å². The first kappa shape index (κ1) is 20.8. The van der Waals surface area contributed by atoms with Crippen LogP contribution in [-0.4, -0.2) is 39.8 Å². The highest BCUT2D eigenvalue weighted by atomic mass is 16.5. The highest BCUT2D eigenvalue weighted by Crippen LogP contribution is 2.40. The number of aryl methyl sites for hydroxylation is 1. The fourth-order valence-corrected chi connectivity index (χ4v) is 3.68. The Bertz CT molecular complexity index is 1120. The highest BCUT2D eigenvalue weighted by molar-refractivity contribution is 6.04. The number of benzene rings is 2. The second-order valence-electron chi connectivity index (χ2n) is 8.08. The molecule has 1 fully saturated rings. The minimum absolute atomic E-state index is 0.122. The zero-order valence-electron chi connectivity index (χ0n) is 18.2. The molecule has 1 aromatic heterocycles. The van der Waals surface area contributed by atoms with E-state index in [0.29, 0.717) is 11.5 Å². The number of carbonyl (C=O) groups excluding carboxylic acids is 2. The number of hydrogen-bond acceptors (Lipinski definition) is 5. The third-order valence-electron chi connectivity index (χ3n) is 5.38. The van der Waals surface area contributed by atoms with Gasteiger partial charge in [-0.05, 0) is 69.5 Å².